The van der Waals surface area contributed by atoms with E-state index in [1.54, 1.807) is 11.3 Å². The molecule has 2 N–H and O–H groups in total. The monoisotopic (exact) mass is 337 g/mol. The molecule has 0 aromatic carbocycles. The van der Waals surface area contributed by atoms with Crippen molar-refractivity contribution in [2.24, 2.45) is 11.7 Å². The van der Waals surface area contributed by atoms with Crippen molar-refractivity contribution < 1.29 is 9.59 Å². The Hall–Kier alpha value is -1.67. The molecule has 3 rings (SSSR count). The Morgan fingerprint density at radius 2 is 2.04 bits per heavy atom. The van der Waals surface area contributed by atoms with Crippen LogP contribution in [0.1, 0.15) is 12.8 Å². The number of thiazole rings is 1. The van der Waals surface area contributed by atoms with Gasteiger partial charge in [0.15, 0.2) is 5.13 Å². The van der Waals surface area contributed by atoms with Crippen LogP contribution in [0.4, 0.5) is 5.13 Å². The average Bonchev–Trinajstić information content (AvgIpc) is 3.08. The number of carbonyl (C=O) groups excluding carboxylic acids is 2. The Kier molecular flexibility index (Phi) is 5.12. The first-order valence-corrected chi connectivity index (χ1v) is 8.95. The fourth-order valence-electron chi connectivity index (χ4n) is 3.37. The summed E-state index contributed by atoms with van der Waals surface area (Å²) in [6, 6.07) is 0. The molecule has 0 radical (unpaired) electrons. The van der Waals surface area contributed by atoms with Crippen LogP contribution in [0.3, 0.4) is 0 Å². The van der Waals surface area contributed by atoms with E-state index in [-0.39, 0.29) is 24.3 Å². The molecule has 2 saturated heterocycles. The van der Waals surface area contributed by atoms with Crippen LogP contribution in [0, 0.1) is 5.92 Å². The van der Waals surface area contributed by atoms with Gasteiger partial charge in [-0.2, -0.15) is 0 Å². The van der Waals surface area contributed by atoms with Gasteiger partial charge in [-0.3, -0.25) is 14.5 Å². The minimum Gasteiger partial charge on any atom is -0.369 e. The number of piperazine rings is 1. The highest BCUT2D eigenvalue weighted by Gasteiger charge is 2.31. The molecule has 2 aliphatic rings. The molecule has 0 unspecified atom stereocenters. The minimum atomic E-state index is -0.324. The number of aromatic nitrogens is 1. The lowest BCUT2D eigenvalue weighted by atomic mass is 9.96. The summed E-state index contributed by atoms with van der Waals surface area (Å²) in [5.41, 5.74) is 5.26. The zero-order valence-corrected chi connectivity index (χ0v) is 14.0. The summed E-state index contributed by atoms with van der Waals surface area (Å²) in [6.45, 7) is 4.89. The Balaban J connectivity index is 1.51. The molecule has 2 fully saturated rings. The van der Waals surface area contributed by atoms with Crippen LogP contribution in [0.15, 0.2) is 11.6 Å². The number of carbonyl (C=O) groups is 2. The number of hydrogen-bond acceptors (Lipinski definition) is 6. The largest absolute Gasteiger partial charge is 0.369 e. The second kappa shape index (κ2) is 7.27. The topological polar surface area (TPSA) is 82.8 Å². The third kappa shape index (κ3) is 4.00. The minimum absolute atomic E-state index is 0.00508. The molecule has 23 heavy (non-hydrogen) atoms. The van der Waals surface area contributed by atoms with Crippen molar-refractivity contribution in [3.8, 4) is 0 Å². The maximum atomic E-state index is 12.7. The van der Waals surface area contributed by atoms with Gasteiger partial charge in [-0.05, 0) is 19.4 Å². The lowest BCUT2D eigenvalue weighted by Crippen LogP contribution is -2.53. The first kappa shape index (κ1) is 16.2. The fraction of sp³-hybridized carbons (Fsp3) is 0.667. The second-order valence-corrected chi connectivity index (χ2v) is 7.04. The fourth-order valence-corrected chi connectivity index (χ4v) is 4.07. The summed E-state index contributed by atoms with van der Waals surface area (Å²) >= 11 is 1.63. The van der Waals surface area contributed by atoms with E-state index in [2.05, 4.69) is 9.88 Å². The molecule has 1 atom stereocenters. The van der Waals surface area contributed by atoms with Crippen molar-refractivity contribution in [2.75, 3.05) is 50.7 Å². The van der Waals surface area contributed by atoms with Gasteiger partial charge in [0.1, 0.15) is 0 Å². The Labute approximate surface area is 140 Å². The van der Waals surface area contributed by atoms with Gasteiger partial charge in [-0.1, -0.05) is 0 Å². The van der Waals surface area contributed by atoms with E-state index in [1.165, 1.54) is 0 Å². The van der Waals surface area contributed by atoms with Gasteiger partial charge in [0.25, 0.3) is 0 Å². The summed E-state index contributed by atoms with van der Waals surface area (Å²) < 4.78 is 0. The second-order valence-electron chi connectivity index (χ2n) is 6.17. The van der Waals surface area contributed by atoms with E-state index in [1.807, 2.05) is 21.4 Å². The van der Waals surface area contributed by atoms with Crippen molar-refractivity contribution in [1.82, 2.24) is 14.8 Å². The molecule has 0 saturated carbocycles. The number of nitrogens with two attached hydrogens (primary N) is 1. The lowest BCUT2D eigenvalue weighted by Gasteiger charge is -2.38. The van der Waals surface area contributed by atoms with Gasteiger partial charge >= 0.3 is 0 Å². The molecule has 2 amide bonds. The number of likely N-dealkylation sites (tertiary alicyclic amines) is 1. The zero-order chi connectivity index (χ0) is 16.2. The SMILES string of the molecule is NC(=O)CN1CCC[C@H](C(=O)N2CCN(c3nccs3)CC2)C1. The van der Waals surface area contributed by atoms with Gasteiger partial charge in [0.2, 0.25) is 11.8 Å². The zero-order valence-electron chi connectivity index (χ0n) is 13.2. The molecule has 0 spiro atoms. The summed E-state index contributed by atoms with van der Waals surface area (Å²) in [6.07, 6.45) is 3.66. The van der Waals surface area contributed by atoms with Crippen molar-refractivity contribution in [1.29, 1.82) is 0 Å². The number of anilines is 1. The van der Waals surface area contributed by atoms with Gasteiger partial charge in [0, 0.05) is 44.3 Å². The standard InChI is InChI=1S/C15H23N5O2S/c16-13(21)11-18-4-1-2-12(10-18)14(22)19-5-7-20(8-6-19)15-17-3-9-23-15/h3,9,12H,1-2,4-8,10-11H2,(H2,16,21)/t12-/m0/s1. The molecular formula is C15H23N5O2S. The number of rotatable bonds is 4. The predicted octanol–water partition coefficient (Wildman–Crippen LogP) is -0.0110. The molecular weight excluding hydrogens is 314 g/mol. The Morgan fingerprint density at radius 1 is 1.26 bits per heavy atom. The van der Waals surface area contributed by atoms with Gasteiger partial charge < -0.3 is 15.5 Å². The van der Waals surface area contributed by atoms with E-state index >= 15 is 0 Å². The average molecular weight is 337 g/mol. The highest BCUT2D eigenvalue weighted by Crippen LogP contribution is 2.22. The Bertz CT molecular complexity index is 542. The van der Waals surface area contributed by atoms with Crippen LogP contribution >= 0.6 is 11.3 Å². The van der Waals surface area contributed by atoms with E-state index in [4.69, 9.17) is 5.73 Å². The molecule has 7 nitrogen and oxygen atoms in total. The smallest absolute Gasteiger partial charge is 0.231 e. The molecule has 1 aromatic heterocycles. The van der Waals surface area contributed by atoms with Crippen LogP contribution in [-0.4, -0.2) is 72.4 Å². The highest BCUT2D eigenvalue weighted by molar-refractivity contribution is 7.13. The number of primary amides is 1. The molecule has 126 valence electrons. The molecule has 2 aliphatic heterocycles. The Morgan fingerprint density at radius 3 is 2.70 bits per heavy atom. The summed E-state index contributed by atoms with van der Waals surface area (Å²) in [7, 11) is 0. The van der Waals surface area contributed by atoms with Gasteiger partial charge in [0.05, 0.1) is 12.5 Å². The van der Waals surface area contributed by atoms with E-state index in [9.17, 15) is 9.59 Å². The summed E-state index contributed by atoms with van der Waals surface area (Å²) in [5.74, 6) is -0.109. The maximum Gasteiger partial charge on any atom is 0.231 e. The summed E-state index contributed by atoms with van der Waals surface area (Å²) in [5, 5.41) is 3.00. The van der Waals surface area contributed by atoms with Crippen LogP contribution in [0.5, 0.6) is 0 Å². The van der Waals surface area contributed by atoms with E-state index in [0.29, 0.717) is 6.54 Å². The van der Waals surface area contributed by atoms with Crippen LogP contribution in [0.2, 0.25) is 0 Å². The normalized spacial score (nSPS) is 23.0. The highest BCUT2D eigenvalue weighted by atomic mass is 32.1. The first-order valence-electron chi connectivity index (χ1n) is 8.07. The van der Waals surface area contributed by atoms with Crippen molar-refractivity contribution in [3.05, 3.63) is 11.6 Å². The van der Waals surface area contributed by atoms with E-state index < -0.39 is 0 Å². The number of amides is 2. The first-order chi connectivity index (χ1) is 11.1. The van der Waals surface area contributed by atoms with Crippen molar-refractivity contribution in [2.45, 2.75) is 12.8 Å². The number of piperidine rings is 1. The van der Waals surface area contributed by atoms with E-state index in [0.717, 1.165) is 50.7 Å². The number of nitrogens with zero attached hydrogens (tertiary/aromatic N) is 4. The molecule has 0 bridgehead atoms. The molecule has 8 heteroatoms. The van der Waals surface area contributed by atoms with Crippen LogP contribution in [0.25, 0.3) is 0 Å². The predicted molar refractivity (Wildman–Crippen MR) is 89.3 cm³/mol. The van der Waals surface area contributed by atoms with Gasteiger partial charge in [-0.25, -0.2) is 4.98 Å². The summed E-state index contributed by atoms with van der Waals surface area (Å²) in [4.78, 5) is 34.3. The van der Waals surface area contributed by atoms with Crippen molar-refractivity contribution >= 4 is 28.3 Å². The molecule has 1 aromatic rings. The van der Waals surface area contributed by atoms with Crippen LogP contribution < -0.4 is 10.6 Å². The third-order valence-corrected chi connectivity index (χ3v) is 5.35. The third-order valence-electron chi connectivity index (χ3n) is 4.52. The van der Waals surface area contributed by atoms with Crippen molar-refractivity contribution in [3.63, 3.8) is 0 Å². The molecule has 0 aliphatic carbocycles. The maximum absolute atomic E-state index is 12.7. The van der Waals surface area contributed by atoms with Gasteiger partial charge in [-0.15, -0.1) is 11.3 Å². The lowest BCUT2D eigenvalue weighted by molar-refractivity contribution is -0.138. The quantitative estimate of drug-likeness (QED) is 0.835. The molecule has 3 heterocycles. The number of hydrogen-bond donors (Lipinski definition) is 1. The van der Waals surface area contributed by atoms with Crippen LogP contribution in [-0.2, 0) is 9.59 Å².